The molecule has 1 saturated heterocycles. The molecule has 4 unspecified atom stereocenters. The summed E-state index contributed by atoms with van der Waals surface area (Å²) in [5.74, 6) is -5.68. The van der Waals surface area contributed by atoms with Crippen LogP contribution in [0.5, 0.6) is 0 Å². The van der Waals surface area contributed by atoms with Gasteiger partial charge in [-0.1, -0.05) is 6.58 Å². The first-order valence-corrected chi connectivity index (χ1v) is 8.48. The Morgan fingerprint density at radius 2 is 1.96 bits per heavy atom. The zero-order valence-corrected chi connectivity index (χ0v) is 13.4. The van der Waals surface area contributed by atoms with Gasteiger partial charge in [0.15, 0.2) is 6.61 Å². The Morgan fingerprint density at radius 1 is 1.33 bits per heavy atom. The number of alkyl halides is 3. The Kier molecular flexibility index (Phi) is 4.96. The first-order chi connectivity index (χ1) is 10.9. The van der Waals surface area contributed by atoms with Crippen molar-refractivity contribution >= 4 is 22.1 Å². The van der Waals surface area contributed by atoms with E-state index in [1.165, 1.54) is 6.92 Å². The number of halogens is 3. The molecule has 0 spiro atoms. The predicted octanol–water partition coefficient (Wildman–Crippen LogP) is 0.945. The van der Waals surface area contributed by atoms with Crippen molar-refractivity contribution in [2.75, 3.05) is 12.4 Å². The minimum absolute atomic E-state index is 0.0343. The van der Waals surface area contributed by atoms with Crippen molar-refractivity contribution < 1.29 is 44.8 Å². The molecule has 0 aromatic carbocycles. The minimum Gasteiger partial charge on any atom is -0.457 e. The van der Waals surface area contributed by atoms with Crippen LogP contribution in [0.25, 0.3) is 0 Å². The van der Waals surface area contributed by atoms with E-state index in [0.717, 1.165) is 0 Å². The van der Waals surface area contributed by atoms with Crippen LogP contribution in [0.2, 0.25) is 0 Å². The molecular formula is C13H15F3O7S. The molecule has 0 N–H and O–H groups in total. The highest BCUT2D eigenvalue weighted by atomic mass is 32.2. The Balaban J connectivity index is 2.06. The SMILES string of the molecule is C=C(C)C(=O)OCC(=O)OC1C2CC(C(F)(F)F)C1OS(=O)(=O)C2. The van der Waals surface area contributed by atoms with Gasteiger partial charge in [0, 0.05) is 11.5 Å². The molecule has 1 saturated carbocycles. The molecule has 0 aromatic rings. The van der Waals surface area contributed by atoms with E-state index >= 15 is 0 Å². The topological polar surface area (TPSA) is 96.0 Å². The molecule has 2 bridgehead atoms. The van der Waals surface area contributed by atoms with Crippen molar-refractivity contribution in [3.05, 3.63) is 12.2 Å². The van der Waals surface area contributed by atoms with Crippen molar-refractivity contribution in [1.29, 1.82) is 0 Å². The average molecular weight is 372 g/mol. The molecule has 2 aliphatic rings. The van der Waals surface area contributed by atoms with Gasteiger partial charge in [-0.3, -0.25) is 4.18 Å². The first-order valence-electron chi connectivity index (χ1n) is 6.90. The monoisotopic (exact) mass is 372 g/mol. The van der Waals surface area contributed by atoms with Gasteiger partial charge < -0.3 is 9.47 Å². The number of hydrogen-bond donors (Lipinski definition) is 0. The summed E-state index contributed by atoms with van der Waals surface area (Å²) in [7, 11) is -4.11. The highest BCUT2D eigenvalue weighted by Gasteiger charge is 2.61. The van der Waals surface area contributed by atoms with Gasteiger partial charge in [-0.15, -0.1) is 0 Å². The number of ether oxygens (including phenoxy) is 2. The second kappa shape index (κ2) is 6.36. The maximum atomic E-state index is 13.0. The van der Waals surface area contributed by atoms with Gasteiger partial charge in [-0.2, -0.15) is 21.6 Å². The van der Waals surface area contributed by atoms with Crippen LogP contribution in [0.3, 0.4) is 0 Å². The number of fused-ring (bicyclic) bond motifs is 2. The zero-order chi connectivity index (χ0) is 18.3. The molecule has 1 aliphatic carbocycles. The normalized spacial score (nSPS) is 31.3. The predicted molar refractivity (Wildman–Crippen MR) is 72.0 cm³/mol. The maximum absolute atomic E-state index is 13.0. The number of carbonyl (C=O) groups excluding carboxylic acids is 2. The van der Waals surface area contributed by atoms with Gasteiger partial charge in [-0.25, -0.2) is 9.59 Å². The van der Waals surface area contributed by atoms with Crippen molar-refractivity contribution in [3.8, 4) is 0 Å². The smallest absolute Gasteiger partial charge is 0.394 e. The van der Waals surface area contributed by atoms with Crippen LogP contribution >= 0.6 is 0 Å². The molecule has 11 heteroatoms. The summed E-state index contributed by atoms with van der Waals surface area (Å²) in [4.78, 5) is 22.8. The second-order valence-corrected chi connectivity index (χ2v) is 7.38. The molecule has 1 heterocycles. The van der Waals surface area contributed by atoms with Crippen LogP contribution in [-0.2, 0) is 33.4 Å². The van der Waals surface area contributed by atoms with Crippen molar-refractivity contribution in [1.82, 2.24) is 0 Å². The van der Waals surface area contributed by atoms with Gasteiger partial charge in [0.2, 0.25) is 0 Å². The molecule has 0 radical (unpaired) electrons. The number of esters is 2. The lowest BCUT2D eigenvalue weighted by atomic mass is 10.1. The van der Waals surface area contributed by atoms with Gasteiger partial charge in [0.05, 0.1) is 11.7 Å². The average Bonchev–Trinajstić information content (AvgIpc) is 2.64. The Hall–Kier alpha value is -1.62. The zero-order valence-electron chi connectivity index (χ0n) is 12.5. The van der Waals surface area contributed by atoms with Crippen LogP contribution in [-0.4, -0.2) is 51.1 Å². The van der Waals surface area contributed by atoms with Crippen LogP contribution in [0.4, 0.5) is 13.2 Å². The Labute approximate surface area is 135 Å². The highest BCUT2D eigenvalue weighted by molar-refractivity contribution is 7.86. The lowest BCUT2D eigenvalue weighted by Gasteiger charge is -2.30. The van der Waals surface area contributed by atoms with E-state index < -0.39 is 71.1 Å². The molecule has 2 rings (SSSR count). The quantitative estimate of drug-likeness (QED) is 0.412. The van der Waals surface area contributed by atoms with E-state index in [2.05, 4.69) is 15.5 Å². The van der Waals surface area contributed by atoms with E-state index in [1.807, 2.05) is 0 Å². The van der Waals surface area contributed by atoms with E-state index in [4.69, 9.17) is 4.74 Å². The van der Waals surface area contributed by atoms with Crippen LogP contribution in [0.15, 0.2) is 12.2 Å². The highest BCUT2D eigenvalue weighted by Crippen LogP contribution is 2.48. The van der Waals surface area contributed by atoms with E-state index in [-0.39, 0.29) is 5.57 Å². The van der Waals surface area contributed by atoms with Gasteiger partial charge in [-0.05, 0) is 13.3 Å². The molecule has 0 amide bonds. The molecule has 0 aromatic heterocycles. The lowest BCUT2D eigenvalue weighted by molar-refractivity contribution is -0.198. The lowest BCUT2D eigenvalue weighted by Crippen LogP contribution is -2.46. The Morgan fingerprint density at radius 3 is 2.50 bits per heavy atom. The summed E-state index contributed by atoms with van der Waals surface area (Å²) in [6, 6.07) is 0. The van der Waals surface area contributed by atoms with Gasteiger partial charge in [0.25, 0.3) is 10.1 Å². The fourth-order valence-corrected chi connectivity index (χ4v) is 4.27. The summed E-state index contributed by atoms with van der Waals surface area (Å²) in [6.45, 7) is 3.83. The number of carbonyl (C=O) groups is 2. The minimum atomic E-state index is -4.68. The van der Waals surface area contributed by atoms with Crippen LogP contribution < -0.4 is 0 Å². The third kappa shape index (κ3) is 4.07. The van der Waals surface area contributed by atoms with E-state index in [0.29, 0.717) is 0 Å². The molecular weight excluding hydrogens is 357 g/mol. The van der Waals surface area contributed by atoms with Gasteiger partial charge in [0.1, 0.15) is 12.2 Å². The van der Waals surface area contributed by atoms with E-state index in [1.54, 1.807) is 0 Å². The van der Waals surface area contributed by atoms with Crippen LogP contribution in [0.1, 0.15) is 13.3 Å². The Bertz CT molecular complexity index is 655. The third-order valence-electron chi connectivity index (χ3n) is 3.78. The summed E-state index contributed by atoms with van der Waals surface area (Å²) in [6.07, 6.45) is -8.39. The van der Waals surface area contributed by atoms with Gasteiger partial charge >= 0.3 is 18.1 Å². The molecule has 2 fully saturated rings. The number of hydrogen-bond acceptors (Lipinski definition) is 7. The molecule has 24 heavy (non-hydrogen) atoms. The fraction of sp³-hybridized carbons (Fsp3) is 0.692. The molecule has 4 atom stereocenters. The maximum Gasteiger partial charge on any atom is 0.394 e. The summed E-state index contributed by atoms with van der Waals surface area (Å²) < 4.78 is 76.0. The molecule has 7 nitrogen and oxygen atoms in total. The standard InChI is InChI=1S/C13H15F3O7S/c1-6(2)12(18)21-4-9(17)22-10-7-3-8(13(14,15)16)11(10)23-24(19,20)5-7/h7-8,10-11H,1,3-5H2,2H3. The third-order valence-corrected chi connectivity index (χ3v) is 5.13. The van der Waals surface area contributed by atoms with Crippen molar-refractivity contribution in [2.45, 2.75) is 31.7 Å². The second-order valence-electron chi connectivity index (χ2n) is 5.74. The summed E-state index contributed by atoms with van der Waals surface area (Å²) >= 11 is 0. The molecule has 1 aliphatic heterocycles. The van der Waals surface area contributed by atoms with Crippen molar-refractivity contribution in [3.63, 3.8) is 0 Å². The number of rotatable bonds is 4. The van der Waals surface area contributed by atoms with Crippen molar-refractivity contribution in [2.24, 2.45) is 11.8 Å². The fourth-order valence-electron chi connectivity index (χ4n) is 2.76. The largest absolute Gasteiger partial charge is 0.457 e. The van der Waals surface area contributed by atoms with E-state index in [9.17, 15) is 31.2 Å². The van der Waals surface area contributed by atoms with Crippen LogP contribution in [0, 0.1) is 11.8 Å². The molecule has 136 valence electrons. The first kappa shape index (κ1) is 18.7. The summed E-state index contributed by atoms with van der Waals surface area (Å²) in [5, 5.41) is 0. The summed E-state index contributed by atoms with van der Waals surface area (Å²) in [5.41, 5.74) is 0.0343.